The van der Waals surface area contributed by atoms with Crippen LogP contribution in [0, 0.1) is 0 Å². The topological polar surface area (TPSA) is 243 Å². The van der Waals surface area contributed by atoms with Crippen molar-refractivity contribution in [1.29, 1.82) is 0 Å². The summed E-state index contributed by atoms with van der Waals surface area (Å²) in [6, 6.07) is 19.1. The van der Waals surface area contributed by atoms with Gasteiger partial charge in [0.1, 0.15) is 64.6 Å². The average molecular weight is 741 g/mol. The molecular weight excluding hydrogens is 708 g/mol. The molecule has 0 bridgehead atoms. The van der Waals surface area contributed by atoms with Crippen LogP contribution in [0.25, 0.3) is 34.4 Å². The van der Waals surface area contributed by atoms with Crippen molar-refractivity contribution in [3.8, 4) is 45.8 Å². The lowest BCUT2D eigenvalue weighted by molar-refractivity contribution is -0.281. The Bertz CT molecular complexity index is 2260. The van der Waals surface area contributed by atoms with Crippen molar-refractivity contribution in [2.24, 2.45) is 0 Å². The van der Waals surface area contributed by atoms with Crippen LogP contribution in [0.2, 0.25) is 0 Å². The largest absolute Gasteiger partial charge is 0.508 e. The molecule has 5 aromatic rings. The van der Waals surface area contributed by atoms with E-state index in [4.69, 9.17) is 23.4 Å². The number of benzene rings is 4. The van der Waals surface area contributed by atoms with Crippen molar-refractivity contribution in [3.63, 3.8) is 0 Å². The van der Waals surface area contributed by atoms with Gasteiger partial charge in [-0.25, -0.2) is 9.59 Å². The zero-order chi connectivity index (χ0) is 38.5. The minimum absolute atomic E-state index is 0.00556. The van der Waals surface area contributed by atoms with Gasteiger partial charge in [-0.05, 0) is 71.8 Å². The fourth-order valence-corrected chi connectivity index (χ4v) is 5.46. The minimum Gasteiger partial charge on any atom is -0.508 e. The molecule has 0 amide bonds. The van der Waals surface area contributed by atoms with Crippen LogP contribution < -0.4 is 10.2 Å². The molecule has 0 unspecified atom stereocenters. The second-order valence-corrected chi connectivity index (χ2v) is 12.0. The van der Waals surface area contributed by atoms with E-state index >= 15 is 0 Å². The summed E-state index contributed by atoms with van der Waals surface area (Å²) in [6.45, 7) is -0.667. The summed E-state index contributed by atoms with van der Waals surface area (Å²) in [6.07, 6.45) is -4.20. The quantitative estimate of drug-likeness (QED) is 0.0798. The van der Waals surface area contributed by atoms with Gasteiger partial charge in [-0.15, -0.1) is 0 Å². The molecule has 5 atom stereocenters. The summed E-state index contributed by atoms with van der Waals surface area (Å²) in [5.74, 6) is -3.95. The highest BCUT2D eigenvalue weighted by atomic mass is 16.7. The van der Waals surface area contributed by atoms with E-state index in [-0.39, 0.29) is 34.2 Å². The molecule has 15 nitrogen and oxygen atoms in total. The number of esters is 2. The van der Waals surface area contributed by atoms with Crippen LogP contribution in [0.5, 0.6) is 34.5 Å². The second kappa shape index (κ2) is 15.8. The first-order valence-electron chi connectivity index (χ1n) is 16.2. The standard InChI is InChI=1S/C39H32O15/c40-23-9-1-20(2-10-23)5-15-30(45)50-19-29-37(53-31(46)16-6-21-3-11-24(41)12-4-21)34(48)35(49)39(52-29)54-38-33(47)32-27(44)17-26(43)18-28(32)51-36(38)22-7-13-25(42)14-8-22/h1-18,29,34-35,37,39-44,48-49H,19H2/b15-5-,16-6+/t29-,34-,35+,37-,39+/m1/s1. The molecule has 1 aliphatic rings. The van der Waals surface area contributed by atoms with Gasteiger partial charge in [0, 0.05) is 29.8 Å². The molecule has 7 N–H and O–H groups in total. The van der Waals surface area contributed by atoms with Gasteiger partial charge in [0.15, 0.2) is 11.9 Å². The molecule has 0 aliphatic carbocycles. The number of carbonyl (C=O) groups excluding carboxylic acids is 2. The van der Waals surface area contributed by atoms with E-state index in [1.807, 2.05) is 0 Å². The Kier molecular flexibility index (Phi) is 10.8. The Morgan fingerprint density at radius 1 is 0.704 bits per heavy atom. The number of aliphatic hydroxyl groups excluding tert-OH is 2. The molecule has 1 aliphatic heterocycles. The van der Waals surface area contributed by atoms with Gasteiger partial charge in [0.05, 0.1) is 0 Å². The molecule has 15 heteroatoms. The Labute approximate surface area is 305 Å². The van der Waals surface area contributed by atoms with Gasteiger partial charge < -0.3 is 59.1 Å². The molecule has 1 aromatic heterocycles. The van der Waals surface area contributed by atoms with Crippen LogP contribution in [-0.4, -0.2) is 85.0 Å². The number of ether oxygens (including phenoxy) is 4. The lowest BCUT2D eigenvalue weighted by atomic mass is 9.98. The van der Waals surface area contributed by atoms with Crippen LogP contribution in [0.15, 0.2) is 106 Å². The number of carbonyl (C=O) groups is 2. The maximum absolute atomic E-state index is 13.8. The molecule has 4 aromatic carbocycles. The lowest BCUT2D eigenvalue weighted by Crippen LogP contribution is -2.61. The monoisotopic (exact) mass is 740 g/mol. The number of hydrogen-bond acceptors (Lipinski definition) is 15. The maximum Gasteiger partial charge on any atom is 0.331 e. The molecule has 2 heterocycles. The molecule has 1 saturated heterocycles. The molecule has 1 fully saturated rings. The van der Waals surface area contributed by atoms with E-state index in [0.29, 0.717) is 11.1 Å². The van der Waals surface area contributed by atoms with Gasteiger partial charge in [0.25, 0.3) is 0 Å². The third-order valence-electron chi connectivity index (χ3n) is 8.17. The summed E-state index contributed by atoms with van der Waals surface area (Å²) in [5.41, 5.74) is 0.0313. The molecule has 0 spiro atoms. The number of fused-ring (bicyclic) bond motifs is 1. The molecule has 0 saturated carbocycles. The number of aromatic hydroxyl groups is 5. The van der Waals surface area contributed by atoms with Crippen LogP contribution in [0.1, 0.15) is 11.1 Å². The minimum atomic E-state index is -2.01. The van der Waals surface area contributed by atoms with E-state index in [1.165, 1.54) is 72.8 Å². The summed E-state index contributed by atoms with van der Waals surface area (Å²) < 4.78 is 28.4. The first kappa shape index (κ1) is 37.0. The molecule has 278 valence electrons. The van der Waals surface area contributed by atoms with E-state index in [9.17, 15) is 50.1 Å². The van der Waals surface area contributed by atoms with Crippen molar-refractivity contribution in [2.45, 2.75) is 30.7 Å². The predicted molar refractivity (Wildman–Crippen MR) is 189 cm³/mol. The first-order valence-corrected chi connectivity index (χ1v) is 16.2. The van der Waals surface area contributed by atoms with Crippen molar-refractivity contribution < 1.29 is 68.7 Å². The van der Waals surface area contributed by atoms with Gasteiger partial charge in [-0.2, -0.15) is 0 Å². The third-order valence-corrected chi connectivity index (χ3v) is 8.17. The van der Waals surface area contributed by atoms with E-state index in [0.717, 1.165) is 24.3 Å². The molecule has 0 radical (unpaired) electrons. The van der Waals surface area contributed by atoms with Crippen molar-refractivity contribution >= 4 is 35.1 Å². The highest BCUT2D eigenvalue weighted by Crippen LogP contribution is 2.38. The average Bonchev–Trinajstić information content (AvgIpc) is 3.14. The van der Waals surface area contributed by atoms with Crippen molar-refractivity contribution in [3.05, 3.63) is 118 Å². The summed E-state index contributed by atoms with van der Waals surface area (Å²) in [4.78, 5) is 39.5. The fourth-order valence-electron chi connectivity index (χ4n) is 5.46. The smallest absolute Gasteiger partial charge is 0.331 e. The molecular formula is C39H32O15. The van der Waals surface area contributed by atoms with E-state index in [1.54, 1.807) is 12.1 Å². The third kappa shape index (κ3) is 8.45. The zero-order valence-electron chi connectivity index (χ0n) is 27.9. The molecule has 6 rings (SSSR count). The first-order chi connectivity index (χ1) is 25.9. The van der Waals surface area contributed by atoms with Crippen molar-refractivity contribution in [1.82, 2.24) is 0 Å². The van der Waals surface area contributed by atoms with Gasteiger partial charge in [0.2, 0.25) is 17.5 Å². The highest BCUT2D eigenvalue weighted by Gasteiger charge is 2.49. The number of phenols is 5. The normalized spacial score (nSPS) is 19.9. The van der Waals surface area contributed by atoms with Crippen molar-refractivity contribution in [2.75, 3.05) is 6.61 Å². The number of phenolic OH excluding ortho intramolecular Hbond substituents is 5. The second-order valence-electron chi connectivity index (χ2n) is 12.0. The van der Waals surface area contributed by atoms with E-state index < -0.39 is 77.3 Å². The zero-order valence-corrected chi connectivity index (χ0v) is 27.9. The SMILES string of the molecule is O=C(/C=C\c1ccc(O)cc1)OC[C@H]1O[C@@H](Oc2c(-c3ccc(O)cc3)oc3cc(O)cc(O)c3c2=O)[C@@H](O)[C@@H](O)[C@@H]1OC(=O)/C=C/c1ccc(O)cc1. The Morgan fingerprint density at radius 2 is 1.26 bits per heavy atom. The summed E-state index contributed by atoms with van der Waals surface area (Å²) in [7, 11) is 0. The Hall–Kier alpha value is -6.81. The number of aliphatic hydroxyl groups is 2. The highest BCUT2D eigenvalue weighted by molar-refractivity contribution is 5.89. The van der Waals surface area contributed by atoms with Crippen LogP contribution in [-0.2, 0) is 23.8 Å². The Morgan fingerprint density at radius 3 is 1.85 bits per heavy atom. The maximum atomic E-state index is 13.8. The predicted octanol–water partition coefficient (Wildman–Crippen LogP) is 3.70. The van der Waals surface area contributed by atoms with Crippen LogP contribution in [0.4, 0.5) is 0 Å². The summed E-state index contributed by atoms with van der Waals surface area (Å²) in [5, 5.41) is 71.5. The molecule has 54 heavy (non-hydrogen) atoms. The van der Waals surface area contributed by atoms with Crippen LogP contribution in [0.3, 0.4) is 0 Å². The van der Waals surface area contributed by atoms with Gasteiger partial charge >= 0.3 is 11.9 Å². The van der Waals surface area contributed by atoms with Gasteiger partial charge in [-0.3, -0.25) is 4.79 Å². The summed E-state index contributed by atoms with van der Waals surface area (Å²) >= 11 is 0. The number of hydrogen-bond donors (Lipinski definition) is 7. The Balaban J connectivity index is 1.30. The lowest BCUT2D eigenvalue weighted by Gasteiger charge is -2.41. The van der Waals surface area contributed by atoms with Gasteiger partial charge in [-0.1, -0.05) is 24.3 Å². The number of rotatable bonds is 10. The van der Waals surface area contributed by atoms with Crippen LogP contribution >= 0.6 is 0 Å². The van der Waals surface area contributed by atoms with E-state index in [2.05, 4.69) is 0 Å². The fraction of sp³-hybridized carbons (Fsp3) is 0.154.